The normalized spacial score (nSPS) is 23.9. The second-order valence-corrected chi connectivity index (χ2v) is 7.02. The van der Waals surface area contributed by atoms with Gasteiger partial charge in [-0.3, -0.25) is 14.9 Å². The van der Waals surface area contributed by atoms with E-state index in [9.17, 15) is 14.4 Å². The van der Waals surface area contributed by atoms with Gasteiger partial charge in [0.1, 0.15) is 0 Å². The molecule has 2 aliphatic rings. The summed E-state index contributed by atoms with van der Waals surface area (Å²) in [6.45, 7) is -0.0949. The van der Waals surface area contributed by atoms with Gasteiger partial charge < -0.3 is 10.1 Å². The van der Waals surface area contributed by atoms with Gasteiger partial charge in [0.05, 0.1) is 0 Å². The number of rotatable bonds is 6. The van der Waals surface area contributed by atoms with Crippen LogP contribution in [0.25, 0.3) is 0 Å². The van der Waals surface area contributed by atoms with Crippen molar-refractivity contribution in [2.45, 2.75) is 38.6 Å². The molecule has 25 heavy (non-hydrogen) atoms. The van der Waals surface area contributed by atoms with E-state index in [2.05, 4.69) is 10.6 Å². The predicted octanol–water partition coefficient (Wildman–Crippen LogP) is 2.38. The first kappa shape index (κ1) is 17.5. The fraction of sp³-hybridized carbons (Fsp3) is 0.526. The molecule has 0 unspecified atom stereocenters. The average molecular weight is 344 g/mol. The quantitative estimate of drug-likeness (QED) is 0.776. The number of ether oxygens (including phenoxy) is 1. The van der Waals surface area contributed by atoms with Crippen molar-refractivity contribution in [1.82, 2.24) is 10.6 Å². The molecule has 134 valence electrons. The highest BCUT2D eigenvalue weighted by atomic mass is 16.5. The molecule has 1 aromatic carbocycles. The van der Waals surface area contributed by atoms with E-state index < -0.39 is 18.5 Å². The van der Waals surface area contributed by atoms with Crippen molar-refractivity contribution in [2.75, 3.05) is 6.61 Å². The number of esters is 1. The Morgan fingerprint density at radius 3 is 2.56 bits per heavy atom. The first-order chi connectivity index (χ1) is 12.1. The van der Waals surface area contributed by atoms with Crippen molar-refractivity contribution < 1.29 is 19.1 Å². The van der Waals surface area contributed by atoms with E-state index in [1.807, 2.05) is 30.3 Å². The first-order valence-electron chi connectivity index (χ1n) is 8.87. The minimum Gasteiger partial charge on any atom is -0.456 e. The summed E-state index contributed by atoms with van der Waals surface area (Å²) in [5, 5.41) is 4.74. The number of fused-ring (bicyclic) bond motifs is 2. The number of imide groups is 1. The Balaban J connectivity index is 1.30. The zero-order valence-electron chi connectivity index (χ0n) is 14.2. The van der Waals surface area contributed by atoms with Gasteiger partial charge in [-0.1, -0.05) is 36.8 Å². The van der Waals surface area contributed by atoms with Crippen LogP contribution in [0.15, 0.2) is 30.3 Å². The van der Waals surface area contributed by atoms with Crippen LogP contribution >= 0.6 is 0 Å². The number of carbonyl (C=O) groups excluding carboxylic acids is 3. The van der Waals surface area contributed by atoms with Gasteiger partial charge in [0.2, 0.25) is 0 Å². The number of hydrogen-bond donors (Lipinski definition) is 2. The van der Waals surface area contributed by atoms with Crippen LogP contribution < -0.4 is 10.6 Å². The maximum atomic E-state index is 11.9. The van der Waals surface area contributed by atoms with E-state index in [0.717, 1.165) is 17.9 Å². The molecular formula is C19H24N2O4. The molecule has 6 nitrogen and oxygen atoms in total. The van der Waals surface area contributed by atoms with Crippen molar-refractivity contribution in [3.63, 3.8) is 0 Å². The van der Waals surface area contributed by atoms with Gasteiger partial charge in [-0.05, 0) is 42.6 Å². The average Bonchev–Trinajstić information content (AvgIpc) is 3.22. The molecule has 2 bridgehead atoms. The molecule has 2 saturated carbocycles. The fourth-order valence-corrected chi connectivity index (χ4v) is 4.03. The van der Waals surface area contributed by atoms with Gasteiger partial charge in [-0.2, -0.15) is 0 Å². The smallest absolute Gasteiger partial charge is 0.321 e. The summed E-state index contributed by atoms with van der Waals surface area (Å²) in [4.78, 5) is 35.2. The number of hydrogen-bond acceptors (Lipinski definition) is 4. The van der Waals surface area contributed by atoms with Gasteiger partial charge >= 0.3 is 12.0 Å². The summed E-state index contributed by atoms with van der Waals surface area (Å²) in [6.07, 6.45) is 5.23. The van der Waals surface area contributed by atoms with E-state index >= 15 is 0 Å². The van der Waals surface area contributed by atoms with Gasteiger partial charge in [0, 0.05) is 13.0 Å². The number of urea groups is 1. The Labute approximate surface area is 147 Å². The summed E-state index contributed by atoms with van der Waals surface area (Å²) in [6, 6.07) is 8.78. The van der Waals surface area contributed by atoms with Crippen LogP contribution in [0, 0.1) is 17.8 Å². The molecule has 3 atom stereocenters. The minimum absolute atomic E-state index is 0.323. The Morgan fingerprint density at radius 1 is 1.08 bits per heavy atom. The maximum Gasteiger partial charge on any atom is 0.321 e. The molecule has 0 radical (unpaired) electrons. The van der Waals surface area contributed by atoms with Gasteiger partial charge in [0.25, 0.3) is 5.91 Å². The molecule has 6 heteroatoms. The topological polar surface area (TPSA) is 84.5 Å². The molecule has 0 saturated heterocycles. The standard InChI is InChI=1S/C19H24N2O4/c22-17(21-19(24)20-11-13-4-2-1-3-5-13)12-25-18(23)10-16-9-14-6-7-15(16)8-14/h1-5,14-16H,6-12H2,(H2,20,21,22,24)/t14-,15+,16-/m0/s1. The third kappa shape index (κ3) is 5.05. The number of carbonyl (C=O) groups is 3. The molecule has 3 amide bonds. The summed E-state index contributed by atoms with van der Waals surface area (Å²) in [5.41, 5.74) is 0.933. The molecule has 0 aliphatic heterocycles. The maximum absolute atomic E-state index is 11.9. The minimum atomic E-state index is -0.619. The Kier molecular flexibility index (Phi) is 5.68. The Morgan fingerprint density at radius 2 is 1.88 bits per heavy atom. The van der Waals surface area contributed by atoms with Crippen LogP contribution in [0.2, 0.25) is 0 Å². The highest BCUT2D eigenvalue weighted by Crippen LogP contribution is 2.49. The molecule has 0 heterocycles. The van der Waals surface area contributed by atoms with Gasteiger partial charge in [0.15, 0.2) is 6.61 Å². The summed E-state index contributed by atoms with van der Waals surface area (Å²) in [5.74, 6) is 0.863. The Bertz CT molecular complexity index is 632. The van der Waals surface area contributed by atoms with Crippen LogP contribution in [0.3, 0.4) is 0 Å². The van der Waals surface area contributed by atoms with Crippen molar-refractivity contribution in [2.24, 2.45) is 17.8 Å². The molecule has 2 aliphatic carbocycles. The predicted molar refractivity (Wildman–Crippen MR) is 91.3 cm³/mol. The van der Waals surface area contributed by atoms with Gasteiger partial charge in [-0.15, -0.1) is 0 Å². The zero-order valence-corrected chi connectivity index (χ0v) is 14.2. The lowest BCUT2D eigenvalue weighted by Crippen LogP contribution is -2.41. The molecule has 2 N–H and O–H groups in total. The summed E-state index contributed by atoms with van der Waals surface area (Å²) >= 11 is 0. The van der Waals surface area contributed by atoms with Crippen molar-refractivity contribution in [1.29, 1.82) is 0 Å². The number of nitrogens with one attached hydrogen (secondary N) is 2. The third-order valence-corrected chi connectivity index (χ3v) is 5.23. The Hall–Kier alpha value is -2.37. The monoisotopic (exact) mass is 344 g/mol. The number of benzene rings is 1. The molecular weight excluding hydrogens is 320 g/mol. The molecule has 1 aromatic rings. The lowest BCUT2D eigenvalue weighted by Gasteiger charge is -2.20. The van der Waals surface area contributed by atoms with E-state index in [1.165, 1.54) is 19.3 Å². The second kappa shape index (κ2) is 8.14. The molecule has 3 rings (SSSR count). The first-order valence-corrected chi connectivity index (χ1v) is 8.87. The highest BCUT2D eigenvalue weighted by Gasteiger charge is 2.40. The summed E-state index contributed by atoms with van der Waals surface area (Å²) in [7, 11) is 0. The van der Waals surface area contributed by atoms with Gasteiger partial charge in [-0.25, -0.2) is 4.79 Å². The number of amides is 3. The largest absolute Gasteiger partial charge is 0.456 e. The highest BCUT2D eigenvalue weighted by molar-refractivity contribution is 5.95. The van der Waals surface area contributed by atoms with Crippen LogP contribution in [0.4, 0.5) is 4.79 Å². The van der Waals surface area contributed by atoms with Crippen LogP contribution in [0.1, 0.15) is 37.7 Å². The molecule has 0 spiro atoms. The zero-order chi connectivity index (χ0) is 17.6. The van der Waals surface area contributed by atoms with E-state index in [-0.39, 0.29) is 5.97 Å². The van der Waals surface area contributed by atoms with Crippen LogP contribution in [0.5, 0.6) is 0 Å². The van der Waals surface area contributed by atoms with Crippen molar-refractivity contribution in [3.8, 4) is 0 Å². The van der Waals surface area contributed by atoms with Crippen LogP contribution in [-0.4, -0.2) is 24.5 Å². The summed E-state index contributed by atoms with van der Waals surface area (Å²) < 4.78 is 5.01. The fourth-order valence-electron chi connectivity index (χ4n) is 4.03. The van der Waals surface area contributed by atoms with Crippen molar-refractivity contribution in [3.05, 3.63) is 35.9 Å². The third-order valence-electron chi connectivity index (χ3n) is 5.23. The van der Waals surface area contributed by atoms with E-state index in [4.69, 9.17) is 4.74 Å². The lowest BCUT2D eigenvalue weighted by molar-refractivity contribution is -0.149. The van der Waals surface area contributed by atoms with E-state index in [0.29, 0.717) is 24.8 Å². The van der Waals surface area contributed by atoms with Crippen LogP contribution in [-0.2, 0) is 20.9 Å². The second-order valence-electron chi connectivity index (χ2n) is 7.02. The lowest BCUT2D eigenvalue weighted by atomic mass is 9.86. The van der Waals surface area contributed by atoms with E-state index in [1.54, 1.807) is 0 Å². The molecule has 0 aromatic heterocycles. The molecule has 2 fully saturated rings. The van der Waals surface area contributed by atoms with Crippen molar-refractivity contribution >= 4 is 17.9 Å². The SMILES string of the molecule is O=C(COC(=O)C[C@@H]1C[C@H]2CC[C@@H]1C2)NC(=O)NCc1ccccc1.